The number of hydrogen-bond acceptors (Lipinski definition) is 2. The number of carbonyl (C=O) groups excluding carboxylic acids is 1. The topological polar surface area (TPSA) is 25.2 Å². The summed E-state index contributed by atoms with van der Waals surface area (Å²) in [4.78, 5) is 14.9. The van der Waals surface area contributed by atoms with E-state index in [1.54, 1.807) is 11.0 Å². The lowest BCUT2D eigenvalue weighted by Crippen LogP contribution is -2.30. The number of aryl methyl sites for hydroxylation is 1. The minimum atomic E-state index is 0.0612. The molecule has 0 radical (unpaired) electrons. The fraction of sp³-hybridized carbons (Fsp3) is 0.214. The van der Waals surface area contributed by atoms with Crippen molar-refractivity contribution in [3.63, 3.8) is 0 Å². The van der Waals surface area contributed by atoms with Gasteiger partial charge < -0.3 is 9.47 Å². The first-order chi connectivity index (χ1) is 8.72. The van der Waals surface area contributed by atoms with Crippen LogP contribution in [0.15, 0.2) is 48.5 Å². The molecule has 4 heteroatoms. The molecule has 2 aromatic heterocycles. The molecule has 0 fully saturated rings. The summed E-state index contributed by atoms with van der Waals surface area (Å²) in [6.45, 7) is 4.88. The van der Waals surface area contributed by atoms with Crippen molar-refractivity contribution in [2.75, 3.05) is 6.54 Å². The Labute approximate surface area is 111 Å². The maximum Gasteiger partial charge on any atom is 0.264 e. The predicted molar refractivity (Wildman–Crippen MR) is 74.7 cm³/mol. The van der Waals surface area contributed by atoms with E-state index in [1.165, 1.54) is 11.3 Å². The van der Waals surface area contributed by atoms with Crippen LogP contribution in [0.5, 0.6) is 0 Å². The van der Waals surface area contributed by atoms with Gasteiger partial charge in [0.15, 0.2) is 0 Å². The maximum atomic E-state index is 12.3. The van der Waals surface area contributed by atoms with Gasteiger partial charge in [-0.2, -0.15) is 0 Å². The molecular formula is C14H16N2OS. The van der Waals surface area contributed by atoms with Crippen molar-refractivity contribution in [2.24, 2.45) is 7.05 Å². The molecule has 0 aliphatic heterocycles. The normalized spacial score (nSPS) is 10.3. The van der Waals surface area contributed by atoms with Crippen LogP contribution in [0, 0.1) is 0 Å². The molecule has 0 bridgehead atoms. The van der Waals surface area contributed by atoms with Crippen LogP contribution in [0.3, 0.4) is 0 Å². The summed E-state index contributed by atoms with van der Waals surface area (Å²) in [6, 6.07) is 7.76. The van der Waals surface area contributed by atoms with Gasteiger partial charge in [0, 0.05) is 25.5 Å². The van der Waals surface area contributed by atoms with Gasteiger partial charge in [0.2, 0.25) is 0 Å². The number of amides is 1. The Morgan fingerprint density at radius 3 is 2.89 bits per heavy atom. The second kappa shape index (κ2) is 5.69. The van der Waals surface area contributed by atoms with Crippen molar-refractivity contribution in [1.82, 2.24) is 9.47 Å². The van der Waals surface area contributed by atoms with Gasteiger partial charge in [0.05, 0.1) is 11.4 Å². The lowest BCUT2D eigenvalue weighted by atomic mass is 10.3. The van der Waals surface area contributed by atoms with Crippen LogP contribution in [0.2, 0.25) is 0 Å². The van der Waals surface area contributed by atoms with Gasteiger partial charge in [0.25, 0.3) is 5.91 Å². The van der Waals surface area contributed by atoms with Crippen molar-refractivity contribution >= 4 is 17.2 Å². The highest BCUT2D eigenvalue weighted by molar-refractivity contribution is 7.12. The molecule has 3 nitrogen and oxygen atoms in total. The molecule has 0 aromatic carbocycles. The molecule has 0 saturated carbocycles. The third kappa shape index (κ3) is 2.71. The highest BCUT2D eigenvalue weighted by Crippen LogP contribution is 2.14. The van der Waals surface area contributed by atoms with E-state index in [0.717, 1.165) is 10.6 Å². The monoisotopic (exact) mass is 260 g/mol. The predicted octanol–water partition coefficient (Wildman–Crippen LogP) is 2.92. The number of aromatic nitrogens is 1. The largest absolute Gasteiger partial charge is 0.353 e. The van der Waals surface area contributed by atoms with Gasteiger partial charge in [-0.3, -0.25) is 4.79 Å². The number of nitrogens with zero attached hydrogens (tertiary/aromatic N) is 2. The van der Waals surface area contributed by atoms with Gasteiger partial charge in [-0.05, 0) is 23.6 Å². The summed E-state index contributed by atoms with van der Waals surface area (Å²) in [7, 11) is 1.98. The van der Waals surface area contributed by atoms with E-state index in [4.69, 9.17) is 0 Å². The Morgan fingerprint density at radius 1 is 1.50 bits per heavy atom. The number of rotatable bonds is 5. The van der Waals surface area contributed by atoms with E-state index in [0.29, 0.717) is 13.1 Å². The van der Waals surface area contributed by atoms with Gasteiger partial charge in [0.1, 0.15) is 0 Å². The van der Waals surface area contributed by atoms with E-state index in [2.05, 4.69) is 6.58 Å². The van der Waals surface area contributed by atoms with Crippen molar-refractivity contribution < 1.29 is 4.79 Å². The summed E-state index contributed by atoms with van der Waals surface area (Å²) in [5.74, 6) is 0.0612. The zero-order valence-electron chi connectivity index (χ0n) is 10.4. The fourth-order valence-electron chi connectivity index (χ4n) is 1.79. The molecule has 18 heavy (non-hydrogen) atoms. The molecule has 2 heterocycles. The van der Waals surface area contributed by atoms with E-state index < -0.39 is 0 Å². The molecule has 1 amide bonds. The van der Waals surface area contributed by atoms with Crippen LogP contribution in [0.1, 0.15) is 15.4 Å². The minimum absolute atomic E-state index is 0.0612. The molecule has 0 spiro atoms. The van der Waals surface area contributed by atoms with Crippen LogP contribution >= 0.6 is 11.3 Å². The van der Waals surface area contributed by atoms with Gasteiger partial charge in [-0.1, -0.05) is 12.1 Å². The van der Waals surface area contributed by atoms with Crippen molar-refractivity contribution in [3.05, 3.63) is 59.1 Å². The van der Waals surface area contributed by atoms with Gasteiger partial charge in [-0.25, -0.2) is 0 Å². The van der Waals surface area contributed by atoms with Crippen LogP contribution in [0.25, 0.3) is 0 Å². The Hall–Kier alpha value is -1.81. The number of carbonyl (C=O) groups is 1. The average molecular weight is 260 g/mol. The molecule has 0 aliphatic carbocycles. The Morgan fingerprint density at radius 2 is 2.33 bits per heavy atom. The Kier molecular flexibility index (Phi) is 3.99. The standard InChI is InChI=1S/C14H16N2OS/c1-3-8-16(11-12-6-4-9-15(12)2)14(17)13-7-5-10-18-13/h3-7,9-10H,1,8,11H2,2H3. The molecule has 0 N–H and O–H groups in total. The SMILES string of the molecule is C=CCN(Cc1cccn1C)C(=O)c1cccs1. The van der Waals surface area contributed by atoms with E-state index in [-0.39, 0.29) is 5.91 Å². The maximum absolute atomic E-state index is 12.3. The van der Waals surface area contributed by atoms with Crippen LogP contribution < -0.4 is 0 Å². The summed E-state index contributed by atoms with van der Waals surface area (Å²) in [5, 5.41) is 1.92. The molecule has 2 aromatic rings. The third-order valence-corrected chi connectivity index (χ3v) is 3.63. The molecule has 0 saturated heterocycles. The number of hydrogen-bond donors (Lipinski definition) is 0. The second-order valence-corrected chi connectivity index (χ2v) is 5.01. The Bertz CT molecular complexity index is 528. The summed E-state index contributed by atoms with van der Waals surface area (Å²) in [6.07, 6.45) is 3.74. The van der Waals surface area contributed by atoms with Crippen molar-refractivity contribution in [2.45, 2.75) is 6.54 Å². The quantitative estimate of drug-likeness (QED) is 0.759. The third-order valence-electron chi connectivity index (χ3n) is 2.77. The zero-order valence-corrected chi connectivity index (χ0v) is 11.2. The first-order valence-electron chi connectivity index (χ1n) is 5.76. The average Bonchev–Trinajstić information content (AvgIpc) is 3.00. The van der Waals surface area contributed by atoms with E-state index >= 15 is 0 Å². The first kappa shape index (κ1) is 12.6. The van der Waals surface area contributed by atoms with E-state index in [9.17, 15) is 4.79 Å². The minimum Gasteiger partial charge on any atom is -0.353 e. The summed E-state index contributed by atoms with van der Waals surface area (Å²) >= 11 is 1.47. The first-order valence-corrected chi connectivity index (χ1v) is 6.64. The van der Waals surface area contributed by atoms with E-state index in [1.807, 2.05) is 47.5 Å². The van der Waals surface area contributed by atoms with Crippen molar-refractivity contribution in [1.29, 1.82) is 0 Å². The molecular weight excluding hydrogens is 244 g/mol. The molecule has 2 rings (SSSR count). The molecule has 94 valence electrons. The molecule has 0 atom stereocenters. The smallest absolute Gasteiger partial charge is 0.264 e. The summed E-state index contributed by atoms with van der Waals surface area (Å²) in [5.41, 5.74) is 1.11. The molecule has 0 unspecified atom stereocenters. The molecule has 0 aliphatic rings. The van der Waals surface area contributed by atoms with Crippen molar-refractivity contribution in [3.8, 4) is 0 Å². The summed E-state index contributed by atoms with van der Waals surface area (Å²) < 4.78 is 2.03. The lowest BCUT2D eigenvalue weighted by Gasteiger charge is -2.20. The van der Waals surface area contributed by atoms with Crippen LogP contribution in [-0.2, 0) is 13.6 Å². The van der Waals surface area contributed by atoms with Crippen LogP contribution in [-0.4, -0.2) is 21.9 Å². The van der Waals surface area contributed by atoms with Gasteiger partial charge in [-0.15, -0.1) is 17.9 Å². The van der Waals surface area contributed by atoms with Gasteiger partial charge >= 0.3 is 0 Å². The fourth-order valence-corrected chi connectivity index (χ4v) is 2.48. The van der Waals surface area contributed by atoms with Crippen LogP contribution in [0.4, 0.5) is 0 Å². The zero-order chi connectivity index (χ0) is 13.0. The highest BCUT2D eigenvalue weighted by Gasteiger charge is 2.16. The Balaban J connectivity index is 2.16. The number of thiophene rings is 1. The highest BCUT2D eigenvalue weighted by atomic mass is 32.1. The lowest BCUT2D eigenvalue weighted by molar-refractivity contribution is 0.0764. The second-order valence-electron chi connectivity index (χ2n) is 4.06.